The lowest BCUT2D eigenvalue weighted by atomic mass is 10.3. The molecule has 0 spiro atoms. The van der Waals surface area contributed by atoms with E-state index in [1.54, 1.807) is 18.2 Å². The van der Waals surface area contributed by atoms with Crippen LogP contribution in [0.15, 0.2) is 48.5 Å². The molecule has 0 atom stereocenters. The van der Waals surface area contributed by atoms with Gasteiger partial charge in [0, 0.05) is 5.02 Å². The first-order valence-electron chi connectivity index (χ1n) is 6.95. The second kappa shape index (κ2) is 7.57. The summed E-state index contributed by atoms with van der Waals surface area (Å²) in [6.45, 7) is -0.124. The Labute approximate surface area is 152 Å². The molecule has 0 fully saturated rings. The third-order valence-electron chi connectivity index (χ3n) is 2.94. The van der Waals surface area contributed by atoms with E-state index in [-0.39, 0.29) is 17.6 Å². The number of benzene rings is 2. The van der Waals surface area contributed by atoms with Crippen LogP contribution in [0.2, 0.25) is 5.02 Å². The van der Waals surface area contributed by atoms with Crippen LogP contribution in [-0.2, 0) is 4.79 Å². The average molecular weight is 378 g/mol. The maximum atomic E-state index is 11.8. The number of amides is 1. The number of aromatic nitrogens is 1. The number of halogens is 1. The lowest BCUT2D eigenvalue weighted by Crippen LogP contribution is -2.37. The number of carbonyl (C=O) groups excluding carboxylic acids is 1. The first-order valence-corrected chi connectivity index (χ1v) is 8.55. The molecule has 3 aromatic rings. The Morgan fingerprint density at radius 1 is 1.25 bits per heavy atom. The van der Waals surface area contributed by atoms with Gasteiger partial charge in [0.05, 0.1) is 10.2 Å². The largest absolute Gasteiger partial charge is 0.484 e. The Morgan fingerprint density at radius 2 is 2.04 bits per heavy atom. The number of thiocarbonyl (C=S) groups is 1. The number of rotatable bonds is 4. The molecule has 24 heavy (non-hydrogen) atoms. The number of nitrogens with zero attached hydrogens (tertiary/aromatic N) is 1. The fraction of sp³-hybridized carbons (Fsp3) is 0.0625. The molecule has 1 amide bonds. The highest BCUT2D eigenvalue weighted by Gasteiger charge is 2.09. The number of thiazole rings is 1. The van der Waals surface area contributed by atoms with Crippen molar-refractivity contribution in [2.75, 3.05) is 11.9 Å². The monoisotopic (exact) mass is 377 g/mol. The van der Waals surface area contributed by atoms with Gasteiger partial charge >= 0.3 is 0 Å². The summed E-state index contributed by atoms with van der Waals surface area (Å²) < 4.78 is 6.29. The quantitative estimate of drug-likeness (QED) is 0.676. The Bertz CT molecular complexity index is 883. The van der Waals surface area contributed by atoms with E-state index in [1.807, 2.05) is 30.3 Å². The van der Waals surface area contributed by atoms with Crippen molar-refractivity contribution in [2.24, 2.45) is 0 Å². The maximum Gasteiger partial charge on any atom is 0.264 e. The Hall–Kier alpha value is -2.22. The summed E-state index contributed by atoms with van der Waals surface area (Å²) in [5, 5.41) is 6.84. The SMILES string of the molecule is O=C(COc1ccccc1)NC(=S)Nc1nc2ccc(Cl)cc2s1. The zero-order chi connectivity index (χ0) is 16.9. The van der Waals surface area contributed by atoms with E-state index >= 15 is 0 Å². The zero-order valence-corrected chi connectivity index (χ0v) is 14.7. The molecule has 1 heterocycles. The van der Waals surface area contributed by atoms with E-state index in [2.05, 4.69) is 15.6 Å². The minimum atomic E-state index is -0.347. The molecule has 3 rings (SSSR count). The highest BCUT2D eigenvalue weighted by molar-refractivity contribution is 7.80. The molecule has 0 saturated heterocycles. The molecule has 0 unspecified atom stereocenters. The van der Waals surface area contributed by atoms with E-state index in [4.69, 9.17) is 28.6 Å². The van der Waals surface area contributed by atoms with Crippen LogP contribution in [0.3, 0.4) is 0 Å². The summed E-state index contributed by atoms with van der Waals surface area (Å²) in [5.41, 5.74) is 0.813. The molecule has 0 aliphatic rings. The summed E-state index contributed by atoms with van der Waals surface area (Å²) in [7, 11) is 0. The highest BCUT2D eigenvalue weighted by atomic mass is 35.5. The normalized spacial score (nSPS) is 10.4. The fourth-order valence-electron chi connectivity index (χ4n) is 1.91. The number of para-hydroxylation sites is 1. The summed E-state index contributed by atoms with van der Waals surface area (Å²) in [6.07, 6.45) is 0. The van der Waals surface area contributed by atoms with Crippen molar-refractivity contribution < 1.29 is 9.53 Å². The van der Waals surface area contributed by atoms with Crippen LogP contribution in [0.1, 0.15) is 0 Å². The molecule has 0 saturated carbocycles. The van der Waals surface area contributed by atoms with Crippen LogP contribution in [0, 0.1) is 0 Å². The molecule has 1 aromatic heterocycles. The van der Waals surface area contributed by atoms with Crippen LogP contribution in [0.25, 0.3) is 10.2 Å². The number of ether oxygens (including phenoxy) is 1. The van der Waals surface area contributed by atoms with Gasteiger partial charge in [-0.15, -0.1) is 0 Å². The van der Waals surface area contributed by atoms with E-state index in [0.717, 1.165) is 10.2 Å². The number of hydrogen-bond acceptors (Lipinski definition) is 5. The first kappa shape index (κ1) is 16.6. The maximum absolute atomic E-state index is 11.8. The minimum absolute atomic E-state index is 0.124. The van der Waals surface area contributed by atoms with Gasteiger partial charge in [-0.05, 0) is 42.5 Å². The predicted molar refractivity (Wildman–Crippen MR) is 101 cm³/mol. The van der Waals surface area contributed by atoms with Gasteiger partial charge in [-0.3, -0.25) is 10.1 Å². The van der Waals surface area contributed by atoms with Crippen molar-refractivity contribution in [1.82, 2.24) is 10.3 Å². The summed E-state index contributed by atoms with van der Waals surface area (Å²) >= 11 is 12.5. The van der Waals surface area contributed by atoms with E-state index in [0.29, 0.717) is 15.9 Å². The molecule has 122 valence electrons. The number of hydrogen-bond donors (Lipinski definition) is 2. The van der Waals surface area contributed by atoms with Gasteiger partial charge < -0.3 is 10.1 Å². The lowest BCUT2D eigenvalue weighted by molar-refractivity contribution is -0.121. The second-order valence-corrected chi connectivity index (χ2v) is 6.61. The number of nitrogens with one attached hydrogen (secondary N) is 2. The Kier molecular flexibility index (Phi) is 5.24. The van der Waals surface area contributed by atoms with E-state index < -0.39 is 0 Å². The van der Waals surface area contributed by atoms with Crippen molar-refractivity contribution in [3.8, 4) is 5.75 Å². The van der Waals surface area contributed by atoms with Crippen molar-refractivity contribution in [3.63, 3.8) is 0 Å². The number of anilines is 1. The predicted octanol–water partition coefficient (Wildman–Crippen LogP) is 3.84. The van der Waals surface area contributed by atoms with Gasteiger partial charge in [0.25, 0.3) is 5.91 Å². The Balaban J connectivity index is 1.53. The molecule has 2 N–H and O–H groups in total. The summed E-state index contributed by atoms with van der Waals surface area (Å²) in [6, 6.07) is 14.5. The van der Waals surface area contributed by atoms with Crippen LogP contribution in [0.5, 0.6) is 5.75 Å². The molecule has 2 aromatic carbocycles. The number of fused-ring (bicyclic) bond motifs is 1. The zero-order valence-electron chi connectivity index (χ0n) is 12.3. The molecular formula is C16H12ClN3O2S2. The third-order valence-corrected chi connectivity index (χ3v) is 4.31. The topological polar surface area (TPSA) is 63.2 Å². The highest BCUT2D eigenvalue weighted by Crippen LogP contribution is 2.28. The van der Waals surface area contributed by atoms with Crippen LogP contribution >= 0.6 is 35.2 Å². The molecule has 8 heteroatoms. The molecule has 0 aliphatic carbocycles. The summed E-state index contributed by atoms with van der Waals surface area (Å²) in [5.74, 6) is 0.273. The first-order chi connectivity index (χ1) is 11.6. The van der Waals surface area contributed by atoms with Crippen LogP contribution < -0.4 is 15.4 Å². The molecule has 0 bridgehead atoms. The van der Waals surface area contributed by atoms with Gasteiger partial charge in [-0.1, -0.05) is 41.1 Å². The molecule has 0 aliphatic heterocycles. The average Bonchev–Trinajstić information content (AvgIpc) is 2.95. The molecule has 0 radical (unpaired) electrons. The van der Waals surface area contributed by atoms with Crippen LogP contribution in [-0.4, -0.2) is 22.6 Å². The van der Waals surface area contributed by atoms with Gasteiger partial charge in [0.2, 0.25) is 0 Å². The fourth-order valence-corrected chi connectivity index (χ4v) is 3.33. The van der Waals surface area contributed by atoms with Crippen molar-refractivity contribution in [2.45, 2.75) is 0 Å². The lowest BCUT2D eigenvalue weighted by Gasteiger charge is -2.08. The standard InChI is InChI=1S/C16H12ClN3O2S2/c17-10-6-7-12-13(8-10)24-16(18-12)20-15(23)19-14(21)9-22-11-4-2-1-3-5-11/h1-8H,9H2,(H2,18,19,20,21,23). The van der Waals surface area contributed by atoms with E-state index in [1.165, 1.54) is 11.3 Å². The smallest absolute Gasteiger partial charge is 0.264 e. The van der Waals surface area contributed by atoms with Crippen molar-refractivity contribution in [1.29, 1.82) is 0 Å². The van der Waals surface area contributed by atoms with Gasteiger partial charge in [0.15, 0.2) is 16.9 Å². The van der Waals surface area contributed by atoms with Gasteiger partial charge in [-0.25, -0.2) is 4.98 Å². The second-order valence-electron chi connectivity index (χ2n) is 4.74. The van der Waals surface area contributed by atoms with Crippen molar-refractivity contribution in [3.05, 3.63) is 53.6 Å². The van der Waals surface area contributed by atoms with Crippen molar-refractivity contribution >= 4 is 61.5 Å². The van der Waals surface area contributed by atoms with Gasteiger partial charge in [0.1, 0.15) is 5.75 Å². The minimum Gasteiger partial charge on any atom is -0.484 e. The third kappa shape index (κ3) is 4.41. The Morgan fingerprint density at radius 3 is 2.83 bits per heavy atom. The summed E-state index contributed by atoms with van der Waals surface area (Å²) in [4.78, 5) is 16.2. The molecule has 5 nitrogen and oxygen atoms in total. The molecular weight excluding hydrogens is 366 g/mol. The number of carbonyl (C=O) groups is 1. The van der Waals surface area contributed by atoms with Gasteiger partial charge in [-0.2, -0.15) is 0 Å². The van der Waals surface area contributed by atoms with E-state index in [9.17, 15) is 4.79 Å². The van der Waals surface area contributed by atoms with Crippen LogP contribution in [0.4, 0.5) is 5.13 Å².